The standard InChI is InChI=1S/C14H20N2OS/c17-14(13-2-1-9-18-13)16-8-5-12(10-16)11-3-6-15-7-4-11/h1-2,9,11-12,15H,3-8,10H2. The molecule has 4 heteroatoms. The number of piperidine rings is 1. The maximum atomic E-state index is 12.3. The number of hydrogen-bond donors (Lipinski definition) is 1. The molecule has 2 aliphatic rings. The maximum Gasteiger partial charge on any atom is 0.263 e. The normalized spacial score (nSPS) is 25.6. The summed E-state index contributed by atoms with van der Waals surface area (Å²) in [6.45, 7) is 4.23. The molecule has 98 valence electrons. The van der Waals surface area contributed by atoms with Crippen molar-refractivity contribution in [2.75, 3.05) is 26.2 Å². The molecule has 0 bridgehead atoms. The fourth-order valence-corrected chi connectivity index (χ4v) is 3.92. The van der Waals surface area contributed by atoms with E-state index in [-0.39, 0.29) is 5.91 Å². The van der Waals surface area contributed by atoms with Gasteiger partial charge in [-0.1, -0.05) is 6.07 Å². The van der Waals surface area contributed by atoms with Crippen LogP contribution in [0.1, 0.15) is 28.9 Å². The number of nitrogens with one attached hydrogen (secondary N) is 1. The average Bonchev–Trinajstić information content (AvgIpc) is 3.10. The highest BCUT2D eigenvalue weighted by atomic mass is 32.1. The van der Waals surface area contributed by atoms with Gasteiger partial charge < -0.3 is 10.2 Å². The van der Waals surface area contributed by atoms with E-state index in [4.69, 9.17) is 0 Å². The van der Waals surface area contributed by atoms with E-state index in [0.29, 0.717) is 0 Å². The predicted molar refractivity (Wildman–Crippen MR) is 73.9 cm³/mol. The molecule has 0 spiro atoms. The molecule has 3 rings (SSSR count). The smallest absolute Gasteiger partial charge is 0.263 e. The van der Waals surface area contributed by atoms with Gasteiger partial charge in [-0.15, -0.1) is 11.3 Å². The maximum absolute atomic E-state index is 12.3. The quantitative estimate of drug-likeness (QED) is 0.888. The summed E-state index contributed by atoms with van der Waals surface area (Å²) >= 11 is 1.55. The molecule has 18 heavy (non-hydrogen) atoms. The number of carbonyl (C=O) groups excluding carboxylic acids is 1. The molecule has 0 aromatic carbocycles. The fraction of sp³-hybridized carbons (Fsp3) is 0.643. The summed E-state index contributed by atoms with van der Waals surface area (Å²) < 4.78 is 0. The first-order valence-corrected chi connectivity index (χ1v) is 7.76. The molecule has 1 N–H and O–H groups in total. The van der Waals surface area contributed by atoms with Gasteiger partial charge >= 0.3 is 0 Å². The molecule has 2 fully saturated rings. The Bertz CT molecular complexity index is 398. The van der Waals surface area contributed by atoms with Crippen molar-refractivity contribution >= 4 is 17.2 Å². The SMILES string of the molecule is O=C(c1cccs1)N1CCC(C2CCNCC2)C1. The number of amides is 1. The van der Waals surface area contributed by atoms with Gasteiger partial charge in [0.2, 0.25) is 0 Å². The van der Waals surface area contributed by atoms with Crippen LogP contribution in [0.2, 0.25) is 0 Å². The molecule has 3 heterocycles. The first kappa shape index (κ1) is 12.2. The van der Waals surface area contributed by atoms with E-state index in [1.54, 1.807) is 11.3 Å². The van der Waals surface area contributed by atoms with Crippen molar-refractivity contribution in [3.63, 3.8) is 0 Å². The number of thiophene rings is 1. The van der Waals surface area contributed by atoms with Crippen molar-refractivity contribution in [2.45, 2.75) is 19.3 Å². The topological polar surface area (TPSA) is 32.3 Å². The van der Waals surface area contributed by atoms with E-state index in [1.807, 2.05) is 17.5 Å². The Morgan fingerprint density at radius 2 is 2.11 bits per heavy atom. The second kappa shape index (κ2) is 5.41. The predicted octanol–water partition coefficient (Wildman–Crippen LogP) is 2.21. The minimum atomic E-state index is 0.237. The molecule has 1 unspecified atom stereocenters. The van der Waals surface area contributed by atoms with Gasteiger partial charge in [0.05, 0.1) is 4.88 Å². The Balaban J connectivity index is 1.59. The van der Waals surface area contributed by atoms with Crippen molar-refractivity contribution < 1.29 is 4.79 Å². The van der Waals surface area contributed by atoms with Crippen molar-refractivity contribution in [2.24, 2.45) is 11.8 Å². The molecule has 2 saturated heterocycles. The molecule has 2 aliphatic heterocycles. The highest BCUT2D eigenvalue weighted by Crippen LogP contribution is 2.31. The lowest BCUT2D eigenvalue weighted by molar-refractivity contribution is 0.0785. The Kier molecular flexibility index (Phi) is 3.66. The van der Waals surface area contributed by atoms with Gasteiger partial charge in [-0.3, -0.25) is 4.79 Å². The van der Waals surface area contributed by atoms with Crippen LogP contribution in [0.25, 0.3) is 0 Å². The van der Waals surface area contributed by atoms with E-state index < -0.39 is 0 Å². The Hall–Kier alpha value is -0.870. The van der Waals surface area contributed by atoms with Gasteiger partial charge in [-0.25, -0.2) is 0 Å². The fourth-order valence-electron chi connectivity index (χ4n) is 3.23. The lowest BCUT2D eigenvalue weighted by Gasteiger charge is -2.28. The number of rotatable bonds is 2. The third-order valence-electron chi connectivity index (χ3n) is 4.29. The monoisotopic (exact) mass is 264 g/mol. The van der Waals surface area contributed by atoms with Crippen molar-refractivity contribution in [3.8, 4) is 0 Å². The van der Waals surface area contributed by atoms with Crippen LogP contribution in [-0.4, -0.2) is 37.0 Å². The molecule has 0 aliphatic carbocycles. The third kappa shape index (κ3) is 2.45. The molecule has 3 nitrogen and oxygen atoms in total. The first-order valence-electron chi connectivity index (χ1n) is 6.88. The second-order valence-electron chi connectivity index (χ2n) is 5.36. The van der Waals surface area contributed by atoms with Gasteiger partial charge in [0.15, 0.2) is 0 Å². The Morgan fingerprint density at radius 3 is 2.83 bits per heavy atom. The van der Waals surface area contributed by atoms with Gasteiger partial charge in [0.25, 0.3) is 5.91 Å². The lowest BCUT2D eigenvalue weighted by Crippen LogP contribution is -2.34. The molecular formula is C14H20N2OS. The van der Waals surface area contributed by atoms with Crippen LogP contribution in [0.15, 0.2) is 17.5 Å². The average molecular weight is 264 g/mol. The van der Waals surface area contributed by atoms with E-state index in [2.05, 4.69) is 10.2 Å². The lowest BCUT2D eigenvalue weighted by atomic mass is 9.84. The minimum Gasteiger partial charge on any atom is -0.338 e. The van der Waals surface area contributed by atoms with Crippen LogP contribution >= 0.6 is 11.3 Å². The Morgan fingerprint density at radius 1 is 1.28 bits per heavy atom. The summed E-state index contributed by atoms with van der Waals surface area (Å²) in [5.74, 6) is 1.80. The molecule has 1 atom stereocenters. The summed E-state index contributed by atoms with van der Waals surface area (Å²) in [5.41, 5.74) is 0. The van der Waals surface area contributed by atoms with Gasteiger partial charge in [0, 0.05) is 13.1 Å². The highest BCUT2D eigenvalue weighted by molar-refractivity contribution is 7.12. The molecule has 1 aromatic rings. The summed E-state index contributed by atoms with van der Waals surface area (Å²) in [4.78, 5) is 15.2. The van der Waals surface area contributed by atoms with Crippen LogP contribution in [-0.2, 0) is 0 Å². The summed E-state index contributed by atoms with van der Waals surface area (Å²) in [7, 11) is 0. The summed E-state index contributed by atoms with van der Waals surface area (Å²) in [6.07, 6.45) is 3.76. The number of carbonyl (C=O) groups is 1. The first-order chi connectivity index (χ1) is 8.84. The van der Waals surface area contributed by atoms with Crippen molar-refractivity contribution in [1.82, 2.24) is 10.2 Å². The molecule has 1 amide bonds. The minimum absolute atomic E-state index is 0.237. The molecule has 0 radical (unpaired) electrons. The zero-order valence-corrected chi connectivity index (χ0v) is 11.4. The third-order valence-corrected chi connectivity index (χ3v) is 5.15. The van der Waals surface area contributed by atoms with E-state index in [0.717, 1.165) is 42.9 Å². The van der Waals surface area contributed by atoms with Crippen LogP contribution < -0.4 is 5.32 Å². The highest BCUT2D eigenvalue weighted by Gasteiger charge is 2.32. The van der Waals surface area contributed by atoms with Crippen molar-refractivity contribution in [3.05, 3.63) is 22.4 Å². The second-order valence-corrected chi connectivity index (χ2v) is 6.31. The van der Waals surface area contributed by atoms with Gasteiger partial charge in [-0.05, 0) is 55.6 Å². The van der Waals surface area contributed by atoms with Crippen molar-refractivity contribution in [1.29, 1.82) is 0 Å². The summed E-state index contributed by atoms with van der Waals surface area (Å²) in [6, 6.07) is 3.89. The molecular weight excluding hydrogens is 244 g/mol. The number of nitrogens with zero attached hydrogens (tertiary/aromatic N) is 1. The number of hydrogen-bond acceptors (Lipinski definition) is 3. The molecule has 0 saturated carbocycles. The van der Waals surface area contributed by atoms with Crippen LogP contribution in [0, 0.1) is 11.8 Å². The molecule has 1 aromatic heterocycles. The van der Waals surface area contributed by atoms with Gasteiger partial charge in [-0.2, -0.15) is 0 Å². The van der Waals surface area contributed by atoms with Crippen LogP contribution in [0.5, 0.6) is 0 Å². The van der Waals surface area contributed by atoms with Crippen LogP contribution in [0.3, 0.4) is 0 Å². The van der Waals surface area contributed by atoms with Crippen LogP contribution in [0.4, 0.5) is 0 Å². The largest absolute Gasteiger partial charge is 0.338 e. The number of likely N-dealkylation sites (tertiary alicyclic amines) is 1. The van der Waals surface area contributed by atoms with E-state index in [9.17, 15) is 4.79 Å². The summed E-state index contributed by atoms with van der Waals surface area (Å²) in [5, 5.41) is 5.40. The van der Waals surface area contributed by atoms with Gasteiger partial charge in [0.1, 0.15) is 0 Å². The Labute approximate surface area is 112 Å². The zero-order valence-electron chi connectivity index (χ0n) is 10.6. The zero-order chi connectivity index (χ0) is 12.4. The van der Waals surface area contributed by atoms with E-state index >= 15 is 0 Å². The van der Waals surface area contributed by atoms with E-state index in [1.165, 1.54) is 19.3 Å².